The molecule has 0 fully saturated rings. The van der Waals surface area contributed by atoms with Crippen molar-refractivity contribution in [2.45, 2.75) is 0 Å². The van der Waals surface area contributed by atoms with Crippen molar-refractivity contribution < 1.29 is 0 Å². The van der Waals surface area contributed by atoms with Crippen LogP contribution in [0.1, 0.15) is 0 Å². The highest BCUT2D eigenvalue weighted by Gasteiger charge is 2.21. The SMILES string of the molecule is c1ccc(-c2nc(-c3ccc(-c4cc5c(-c6ccccc6)nc6ccccc6c5c5c4sc4ccccc45)cc3)cc(-c3cccc4sc5ccccc5c34)n2)cc1. The van der Waals surface area contributed by atoms with Crippen LogP contribution >= 0.6 is 22.7 Å². The largest absolute Gasteiger partial charge is 0.247 e. The maximum absolute atomic E-state index is 5.32. The molecule has 0 N–H and O–H groups in total. The molecular formula is C53H31N3S2. The Hall–Kier alpha value is -7.05. The van der Waals surface area contributed by atoms with Crippen LogP contribution in [-0.2, 0) is 0 Å². The van der Waals surface area contributed by atoms with Gasteiger partial charge in [-0.2, -0.15) is 0 Å². The van der Waals surface area contributed by atoms with Crippen molar-refractivity contribution in [1.82, 2.24) is 15.0 Å². The third-order valence-electron chi connectivity index (χ3n) is 11.3. The van der Waals surface area contributed by atoms with Gasteiger partial charge in [0.1, 0.15) is 0 Å². The Balaban J connectivity index is 1.07. The lowest BCUT2D eigenvalue weighted by Crippen LogP contribution is -1.96. The van der Waals surface area contributed by atoms with Gasteiger partial charge in [0.2, 0.25) is 0 Å². The van der Waals surface area contributed by atoms with E-state index in [0.29, 0.717) is 5.82 Å². The molecule has 0 unspecified atom stereocenters. The fraction of sp³-hybridized carbons (Fsp3) is 0. The summed E-state index contributed by atoms with van der Waals surface area (Å²) in [6.07, 6.45) is 0. The molecule has 4 heterocycles. The first-order valence-electron chi connectivity index (χ1n) is 19.4. The van der Waals surface area contributed by atoms with E-state index in [1.54, 1.807) is 0 Å². The lowest BCUT2D eigenvalue weighted by Gasteiger charge is -2.15. The van der Waals surface area contributed by atoms with Crippen molar-refractivity contribution in [3.05, 3.63) is 188 Å². The molecule has 0 bridgehead atoms. The van der Waals surface area contributed by atoms with Crippen molar-refractivity contribution in [2.24, 2.45) is 0 Å². The molecule has 4 aromatic heterocycles. The molecule has 0 saturated heterocycles. The second kappa shape index (κ2) is 13.3. The smallest absolute Gasteiger partial charge is 0.160 e. The Bertz CT molecular complexity index is 3550. The zero-order valence-corrected chi connectivity index (χ0v) is 32.7. The summed E-state index contributed by atoms with van der Waals surface area (Å²) in [5, 5.41) is 8.64. The number of hydrogen-bond acceptors (Lipinski definition) is 5. The topological polar surface area (TPSA) is 38.7 Å². The van der Waals surface area contributed by atoms with Crippen LogP contribution in [0, 0.1) is 0 Å². The van der Waals surface area contributed by atoms with Gasteiger partial charge in [-0.3, -0.25) is 0 Å². The molecule has 0 radical (unpaired) electrons. The van der Waals surface area contributed by atoms with Crippen LogP contribution in [0.5, 0.6) is 0 Å². The monoisotopic (exact) mass is 773 g/mol. The van der Waals surface area contributed by atoms with Gasteiger partial charge in [-0.1, -0.05) is 152 Å². The minimum Gasteiger partial charge on any atom is -0.247 e. The normalized spacial score (nSPS) is 11.8. The first-order chi connectivity index (χ1) is 28.7. The summed E-state index contributed by atoms with van der Waals surface area (Å²) in [5.41, 5.74) is 10.4. The maximum Gasteiger partial charge on any atom is 0.160 e. The van der Waals surface area contributed by atoms with E-state index >= 15 is 0 Å². The van der Waals surface area contributed by atoms with Crippen molar-refractivity contribution in [2.75, 3.05) is 0 Å². The average Bonchev–Trinajstić information content (AvgIpc) is 3.88. The molecule has 0 spiro atoms. The molecule has 0 amide bonds. The number of hydrogen-bond donors (Lipinski definition) is 0. The second-order valence-electron chi connectivity index (χ2n) is 14.7. The van der Waals surface area contributed by atoms with E-state index < -0.39 is 0 Å². The lowest BCUT2D eigenvalue weighted by atomic mass is 9.92. The highest BCUT2D eigenvalue weighted by molar-refractivity contribution is 7.26. The minimum absolute atomic E-state index is 0.711. The number of para-hydroxylation sites is 1. The van der Waals surface area contributed by atoms with Gasteiger partial charge in [0, 0.05) is 84.3 Å². The van der Waals surface area contributed by atoms with Crippen LogP contribution in [-0.4, -0.2) is 15.0 Å². The summed E-state index contributed by atoms with van der Waals surface area (Å²) < 4.78 is 5.09. The van der Waals surface area contributed by atoms with E-state index in [9.17, 15) is 0 Å². The Morgan fingerprint density at radius 2 is 0.931 bits per heavy atom. The fourth-order valence-corrected chi connectivity index (χ4v) is 11.0. The summed E-state index contributed by atoms with van der Waals surface area (Å²) in [7, 11) is 0. The van der Waals surface area contributed by atoms with E-state index in [1.807, 2.05) is 40.9 Å². The molecule has 0 aliphatic rings. The maximum atomic E-state index is 5.32. The Labute approximate surface area is 342 Å². The molecule has 12 aromatic rings. The van der Waals surface area contributed by atoms with Gasteiger partial charge in [-0.25, -0.2) is 15.0 Å². The first-order valence-corrected chi connectivity index (χ1v) is 21.1. The van der Waals surface area contributed by atoms with Gasteiger partial charge in [-0.05, 0) is 42.0 Å². The molecule has 0 aliphatic heterocycles. The highest BCUT2D eigenvalue weighted by atomic mass is 32.1. The predicted molar refractivity (Wildman–Crippen MR) is 248 cm³/mol. The quantitative estimate of drug-likeness (QED) is 0.164. The van der Waals surface area contributed by atoms with Crippen LogP contribution in [0.15, 0.2) is 188 Å². The minimum atomic E-state index is 0.711. The average molecular weight is 774 g/mol. The highest BCUT2D eigenvalue weighted by Crippen LogP contribution is 2.48. The van der Waals surface area contributed by atoms with E-state index in [0.717, 1.165) is 55.8 Å². The molecule has 58 heavy (non-hydrogen) atoms. The Morgan fingerprint density at radius 1 is 0.328 bits per heavy atom. The number of aromatic nitrogens is 3. The summed E-state index contributed by atoms with van der Waals surface area (Å²) in [5.74, 6) is 0.711. The van der Waals surface area contributed by atoms with Gasteiger partial charge in [0.05, 0.1) is 22.6 Å². The zero-order chi connectivity index (χ0) is 38.2. The van der Waals surface area contributed by atoms with Crippen molar-refractivity contribution in [3.63, 3.8) is 0 Å². The number of thiophene rings is 2. The van der Waals surface area contributed by atoms with Crippen molar-refractivity contribution >= 4 is 84.7 Å². The van der Waals surface area contributed by atoms with E-state index in [1.165, 1.54) is 56.7 Å². The third kappa shape index (κ3) is 5.28. The van der Waals surface area contributed by atoms with Crippen molar-refractivity contribution in [3.8, 4) is 56.3 Å². The van der Waals surface area contributed by atoms with Gasteiger partial charge in [0.15, 0.2) is 5.82 Å². The molecule has 0 aliphatic carbocycles. The number of pyridine rings is 1. The van der Waals surface area contributed by atoms with E-state index in [2.05, 4.69) is 170 Å². The van der Waals surface area contributed by atoms with Gasteiger partial charge in [-0.15, -0.1) is 22.7 Å². The molecule has 12 rings (SSSR count). The number of fused-ring (bicyclic) bond motifs is 10. The van der Waals surface area contributed by atoms with Crippen LogP contribution in [0.3, 0.4) is 0 Å². The molecule has 270 valence electrons. The summed E-state index contributed by atoms with van der Waals surface area (Å²) in [6, 6.07) is 67.0. The Morgan fingerprint density at radius 3 is 1.71 bits per heavy atom. The number of nitrogens with zero attached hydrogens (tertiary/aromatic N) is 3. The molecule has 8 aromatic carbocycles. The number of rotatable bonds is 5. The van der Waals surface area contributed by atoms with E-state index in [-0.39, 0.29) is 0 Å². The third-order valence-corrected chi connectivity index (χ3v) is 13.6. The predicted octanol–water partition coefficient (Wildman–Crippen LogP) is 15.2. The van der Waals surface area contributed by atoms with Crippen LogP contribution in [0.2, 0.25) is 0 Å². The van der Waals surface area contributed by atoms with Gasteiger partial charge < -0.3 is 0 Å². The van der Waals surface area contributed by atoms with Crippen LogP contribution in [0.25, 0.3) is 118 Å². The van der Waals surface area contributed by atoms with Crippen molar-refractivity contribution in [1.29, 1.82) is 0 Å². The molecule has 0 atom stereocenters. The summed E-state index contributed by atoms with van der Waals surface area (Å²) in [6.45, 7) is 0. The molecular weight excluding hydrogens is 743 g/mol. The Kier molecular flexibility index (Phi) is 7.58. The molecule has 3 nitrogen and oxygen atoms in total. The molecule has 0 saturated carbocycles. The fourth-order valence-electron chi connectivity index (χ4n) is 8.62. The summed E-state index contributed by atoms with van der Waals surface area (Å²) in [4.78, 5) is 15.8. The molecule has 5 heteroatoms. The van der Waals surface area contributed by atoms with Crippen LogP contribution < -0.4 is 0 Å². The number of benzene rings is 8. The standard InChI is InChI=1S/C53H31N3S2/c1-3-14-34(15-4-1)51-41-30-40(52-50(39-20-9-12-24-46(39)58-52)49(41)36-18-7-10-22-42(36)54-51)32-26-28-33(29-27-32)43-31-44(56-53(55-43)35-16-5-2-6-17-35)37-21-13-25-47-48(37)38-19-8-11-23-45(38)57-47/h1-31H. The first kappa shape index (κ1) is 33.1. The second-order valence-corrected chi connectivity index (χ2v) is 16.8. The lowest BCUT2D eigenvalue weighted by molar-refractivity contribution is 1.19. The summed E-state index contributed by atoms with van der Waals surface area (Å²) >= 11 is 3.70. The van der Waals surface area contributed by atoms with Gasteiger partial charge >= 0.3 is 0 Å². The van der Waals surface area contributed by atoms with Gasteiger partial charge in [0.25, 0.3) is 0 Å². The van der Waals surface area contributed by atoms with E-state index in [4.69, 9.17) is 15.0 Å². The zero-order valence-electron chi connectivity index (χ0n) is 31.1. The van der Waals surface area contributed by atoms with Crippen LogP contribution in [0.4, 0.5) is 0 Å².